The molecule has 6 nitrogen and oxygen atoms in total. The summed E-state index contributed by atoms with van der Waals surface area (Å²) in [6.07, 6.45) is 1.05. The van der Waals surface area contributed by atoms with Crippen molar-refractivity contribution in [3.63, 3.8) is 0 Å². The van der Waals surface area contributed by atoms with Gasteiger partial charge in [0.1, 0.15) is 11.8 Å². The van der Waals surface area contributed by atoms with Crippen LogP contribution in [0.5, 0.6) is 5.75 Å². The molecular formula is C16H24N2O4. The van der Waals surface area contributed by atoms with Crippen LogP contribution in [0.4, 0.5) is 0 Å². The Morgan fingerprint density at radius 3 is 2.41 bits per heavy atom. The average molecular weight is 308 g/mol. The highest BCUT2D eigenvalue weighted by molar-refractivity contribution is 5.87. The maximum absolute atomic E-state index is 12.2. The van der Waals surface area contributed by atoms with Crippen LogP contribution in [0.25, 0.3) is 0 Å². The van der Waals surface area contributed by atoms with Crippen LogP contribution in [0.3, 0.4) is 0 Å². The van der Waals surface area contributed by atoms with E-state index < -0.39 is 24.0 Å². The van der Waals surface area contributed by atoms with Crippen LogP contribution in [0.15, 0.2) is 24.3 Å². The van der Waals surface area contributed by atoms with Crippen LogP contribution in [0.2, 0.25) is 0 Å². The minimum Gasteiger partial charge on any atom is -0.508 e. The number of nitrogens with two attached hydrogens (primary N) is 1. The van der Waals surface area contributed by atoms with Gasteiger partial charge in [0.15, 0.2) is 0 Å². The van der Waals surface area contributed by atoms with Crippen molar-refractivity contribution in [2.45, 2.75) is 38.8 Å². The van der Waals surface area contributed by atoms with Crippen molar-refractivity contribution in [3.8, 4) is 5.75 Å². The van der Waals surface area contributed by atoms with E-state index in [0.717, 1.165) is 12.0 Å². The molecule has 0 spiro atoms. The zero-order valence-electron chi connectivity index (χ0n) is 13.2. The van der Waals surface area contributed by atoms with Crippen LogP contribution in [0, 0.1) is 5.92 Å². The normalized spacial score (nSPS) is 14.7. The molecule has 4 N–H and O–H groups in total. The van der Waals surface area contributed by atoms with Gasteiger partial charge in [-0.25, -0.2) is 4.79 Å². The number of amides is 1. The van der Waals surface area contributed by atoms with E-state index in [1.807, 2.05) is 13.8 Å². The van der Waals surface area contributed by atoms with Gasteiger partial charge < -0.3 is 20.9 Å². The summed E-state index contributed by atoms with van der Waals surface area (Å²) in [5.74, 6) is -0.759. The molecule has 1 rings (SSSR count). The number of esters is 1. The second-order valence-electron chi connectivity index (χ2n) is 5.37. The molecule has 3 atom stereocenters. The molecule has 0 aliphatic carbocycles. The molecule has 1 aromatic carbocycles. The lowest BCUT2D eigenvalue weighted by Gasteiger charge is -2.23. The van der Waals surface area contributed by atoms with Crippen LogP contribution in [-0.4, -0.2) is 36.2 Å². The van der Waals surface area contributed by atoms with Crippen LogP contribution < -0.4 is 11.1 Å². The zero-order valence-corrected chi connectivity index (χ0v) is 13.2. The number of phenolic OH excluding ortho intramolecular Hbond substituents is 1. The summed E-state index contributed by atoms with van der Waals surface area (Å²) in [7, 11) is 1.29. The number of hydrogen-bond donors (Lipinski definition) is 3. The number of carbonyl (C=O) groups excluding carboxylic acids is 2. The summed E-state index contributed by atoms with van der Waals surface area (Å²) < 4.78 is 4.73. The van der Waals surface area contributed by atoms with Gasteiger partial charge in [-0.05, 0) is 30.0 Å². The Kier molecular flexibility index (Phi) is 6.85. The SMILES string of the molecule is CCC(C)C(NC(=O)C(N)Cc1ccc(O)cc1)C(=O)OC. The van der Waals surface area contributed by atoms with E-state index in [1.165, 1.54) is 19.2 Å². The summed E-state index contributed by atoms with van der Waals surface area (Å²) in [5, 5.41) is 11.9. The second kappa shape index (κ2) is 8.38. The summed E-state index contributed by atoms with van der Waals surface area (Å²) in [6, 6.07) is 5.01. The summed E-state index contributed by atoms with van der Waals surface area (Å²) in [5.41, 5.74) is 6.72. The van der Waals surface area contributed by atoms with Crippen LogP contribution >= 0.6 is 0 Å². The van der Waals surface area contributed by atoms with Crippen molar-refractivity contribution in [2.75, 3.05) is 7.11 Å². The third-order valence-electron chi connectivity index (χ3n) is 3.69. The first-order valence-corrected chi connectivity index (χ1v) is 7.30. The Bertz CT molecular complexity index is 501. The molecule has 0 aliphatic rings. The van der Waals surface area contributed by atoms with E-state index >= 15 is 0 Å². The molecule has 22 heavy (non-hydrogen) atoms. The molecule has 0 aliphatic heterocycles. The Hall–Kier alpha value is -2.08. The Labute approximate surface area is 130 Å². The number of nitrogens with one attached hydrogen (secondary N) is 1. The molecule has 0 saturated carbocycles. The van der Waals surface area contributed by atoms with Gasteiger partial charge in [-0.2, -0.15) is 0 Å². The van der Waals surface area contributed by atoms with Gasteiger partial charge >= 0.3 is 5.97 Å². The highest BCUT2D eigenvalue weighted by Crippen LogP contribution is 2.12. The molecule has 3 unspecified atom stereocenters. The molecule has 0 heterocycles. The van der Waals surface area contributed by atoms with Crippen molar-refractivity contribution < 1.29 is 19.4 Å². The topological polar surface area (TPSA) is 102 Å². The second-order valence-corrected chi connectivity index (χ2v) is 5.37. The lowest BCUT2D eigenvalue weighted by atomic mass is 9.98. The van der Waals surface area contributed by atoms with Gasteiger partial charge in [0.05, 0.1) is 13.2 Å². The van der Waals surface area contributed by atoms with E-state index in [0.29, 0.717) is 6.42 Å². The number of carbonyl (C=O) groups is 2. The smallest absolute Gasteiger partial charge is 0.328 e. The maximum atomic E-state index is 12.2. The predicted molar refractivity (Wildman–Crippen MR) is 83.2 cm³/mol. The first-order valence-electron chi connectivity index (χ1n) is 7.30. The quantitative estimate of drug-likeness (QED) is 0.651. The third kappa shape index (κ3) is 5.04. The Morgan fingerprint density at radius 1 is 1.32 bits per heavy atom. The summed E-state index contributed by atoms with van der Waals surface area (Å²) in [6.45, 7) is 3.80. The molecule has 6 heteroatoms. The number of aromatic hydroxyl groups is 1. The molecular weight excluding hydrogens is 284 g/mol. The van der Waals surface area contributed by atoms with Gasteiger partial charge in [-0.3, -0.25) is 4.79 Å². The standard InChI is InChI=1S/C16H24N2O4/c1-4-10(2)14(16(21)22-3)18-15(20)13(17)9-11-5-7-12(19)8-6-11/h5-8,10,13-14,19H,4,9,17H2,1-3H3,(H,18,20). The lowest BCUT2D eigenvalue weighted by Crippen LogP contribution is -2.51. The molecule has 0 aromatic heterocycles. The number of benzene rings is 1. The molecule has 1 aromatic rings. The number of ether oxygens (including phenoxy) is 1. The molecule has 0 bridgehead atoms. The third-order valence-corrected chi connectivity index (χ3v) is 3.69. The van der Waals surface area contributed by atoms with E-state index in [1.54, 1.807) is 12.1 Å². The Balaban J connectivity index is 2.68. The largest absolute Gasteiger partial charge is 0.508 e. The maximum Gasteiger partial charge on any atom is 0.328 e. The summed E-state index contributed by atoms with van der Waals surface area (Å²) >= 11 is 0. The Morgan fingerprint density at radius 2 is 1.91 bits per heavy atom. The first kappa shape index (κ1) is 18.0. The first-order chi connectivity index (χ1) is 10.4. The molecule has 0 saturated heterocycles. The number of phenols is 1. The monoisotopic (exact) mass is 308 g/mol. The van der Waals surface area contributed by atoms with Crippen molar-refractivity contribution >= 4 is 11.9 Å². The zero-order chi connectivity index (χ0) is 16.7. The van der Waals surface area contributed by atoms with Crippen LogP contribution in [-0.2, 0) is 20.7 Å². The number of methoxy groups -OCH3 is 1. The molecule has 0 radical (unpaired) electrons. The minimum absolute atomic E-state index is 0.0442. The average Bonchev–Trinajstić information content (AvgIpc) is 2.52. The number of hydrogen-bond acceptors (Lipinski definition) is 5. The molecule has 1 amide bonds. The van der Waals surface area contributed by atoms with Gasteiger partial charge in [0.2, 0.25) is 5.91 Å². The van der Waals surface area contributed by atoms with Crippen molar-refractivity contribution in [2.24, 2.45) is 11.7 Å². The summed E-state index contributed by atoms with van der Waals surface area (Å²) in [4.78, 5) is 23.9. The van der Waals surface area contributed by atoms with E-state index in [-0.39, 0.29) is 11.7 Å². The van der Waals surface area contributed by atoms with E-state index in [9.17, 15) is 14.7 Å². The van der Waals surface area contributed by atoms with E-state index in [4.69, 9.17) is 10.5 Å². The fourth-order valence-corrected chi connectivity index (χ4v) is 2.04. The highest BCUT2D eigenvalue weighted by Gasteiger charge is 2.28. The van der Waals surface area contributed by atoms with Gasteiger partial charge in [-0.1, -0.05) is 32.4 Å². The van der Waals surface area contributed by atoms with Gasteiger partial charge in [-0.15, -0.1) is 0 Å². The lowest BCUT2D eigenvalue weighted by molar-refractivity contribution is -0.146. The predicted octanol–water partition coefficient (Wildman–Crippen LogP) is 0.966. The van der Waals surface area contributed by atoms with Gasteiger partial charge in [0.25, 0.3) is 0 Å². The molecule has 122 valence electrons. The minimum atomic E-state index is -0.777. The van der Waals surface area contributed by atoms with Gasteiger partial charge in [0, 0.05) is 0 Å². The van der Waals surface area contributed by atoms with Crippen molar-refractivity contribution in [1.29, 1.82) is 0 Å². The van der Waals surface area contributed by atoms with Crippen LogP contribution in [0.1, 0.15) is 25.8 Å². The van der Waals surface area contributed by atoms with E-state index in [2.05, 4.69) is 5.32 Å². The van der Waals surface area contributed by atoms with Crippen molar-refractivity contribution in [3.05, 3.63) is 29.8 Å². The highest BCUT2D eigenvalue weighted by atomic mass is 16.5. The fourth-order valence-electron chi connectivity index (χ4n) is 2.04. The van der Waals surface area contributed by atoms with Crippen molar-refractivity contribution in [1.82, 2.24) is 5.32 Å². The fraction of sp³-hybridized carbons (Fsp3) is 0.500. The number of rotatable bonds is 7. The molecule has 0 fully saturated rings.